The molecule has 1 amide bonds. The molecule has 1 saturated heterocycles. The molecule has 1 aliphatic rings. The number of amides is 1. The van der Waals surface area contributed by atoms with E-state index in [1.807, 2.05) is 26.0 Å². The maximum Gasteiger partial charge on any atom is 0.313 e. The lowest BCUT2D eigenvalue weighted by Gasteiger charge is -2.24. The summed E-state index contributed by atoms with van der Waals surface area (Å²) in [6.07, 6.45) is 0.423. The summed E-state index contributed by atoms with van der Waals surface area (Å²) in [4.78, 5) is 25.8. The predicted octanol–water partition coefficient (Wildman–Crippen LogP) is 1.87. The van der Waals surface area contributed by atoms with Crippen molar-refractivity contribution in [1.29, 1.82) is 0 Å². The van der Waals surface area contributed by atoms with Crippen LogP contribution in [-0.2, 0) is 9.53 Å². The molecule has 0 aromatic heterocycles. The van der Waals surface area contributed by atoms with Crippen LogP contribution in [0.1, 0.15) is 27.9 Å². The highest BCUT2D eigenvalue weighted by Crippen LogP contribution is 2.32. The number of ether oxygens (including phenoxy) is 1. The van der Waals surface area contributed by atoms with E-state index in [1.54, 1.807) is 11.0 Å². The second-order valence-electron chi connectivity index (χ2n) is 5.74. The van der Waals surface area contributed by atoms with Crippen LogP contribution in [0, 0.1) is 19.3 Å². The van der Waals surface area contributed by atoms with Gasteiger partial charge < -0.3 is 14.7 Å². The Bertz CT molecular complexity index is 569. The molecule has 1 unspecified atom stereocenters. The van der Waals surface area contributed by atoms with Crippen molar-refractivity contribution < 1.29 is 19.4 Å². The van der Waals surface area contributed by atoms with Gasteiger partial charge in [0.25, 0.3) is 5.91 Å². The third-order valence-electron chi connectivity index (χ3n) is 4.35. The van der Waals surface area contributed by atoms with Crippen LogP contribution in [0.25, 0.3) is 0 Å². The van der Waals surface area contributed by atoms with Crippen molar-refractivity contribution in [1.82, 2.24) is 4.90 Å². The fourth-order valence-electron chi connectivity index (χ4n) is 2.83. The number of carbonyl (C=O) groups excluding carboxylic acids is 1. The summed E-state index contributed by atoms with van der Waals surface area (Å²) in [7, 11) is 1.49. The van der Waals surface area contributed by atoms with E-state index in [0.717, 1.165) is 11.1 Å². The van der Waals surface area contributed by atoms with E-state index in [-0.39, 0.29) is 19.1 Å². The van der Waals surface area contributed by atoms with Crippen LogP contribution >= 0.6 is 0 Å². The maximum atomic E-state index is 12.6. The molecule has 1 aromatic rings. The Kier molecular flexibility index (Phi) is 4.32. The minimum absolute atomic E-state index is 0.101. The number of methoxy groups -OCH3 is 1. The first-order chi connectivity index (χ1) is 9.91. The highest BCUT2D eigenvalue weighted by atomic mass is 16.5. The van der Waals surface area contributed by atoms with Crippen LogP contribution < -0.4 is 0 Å². The second kappa shape index (κ2) is 5.85. The van der Waals surface area contributed by atoms with Gasteiger partial charge in [-0.1, -0.05) is 12.1 Å². The highest BCUT2D eigenvalue weighted by molar-refractivity contribution is 5.96. The number of aliphatic carboxylic acids is 1. The lowest BCUT2D eigenvalue weighted by atomic mass is 9.88. The molecule has 0 bridgehead atoms. The van der Waals surface area contributed by atoms with E-state index in [0.29, 0.717) is 18.5 Å². The highest BCUT2D eigenvalue weighted by Gasteiger charge is 2.46. The standard InChI is InChI=1S/C16H21NO4/c1-11-5-4-6-13(12(11)2)14(18)17-8-7-16(9-17,10-21-3)15(19)20/h4-6H,7-10H2,1-3H3,(H,19,20). The van der Waals surface area contributed by atoms with Gasteiger partial charge in [0.05, 0.1) is 6.61 Å². The van der Waals surface area contributed by atoms with Gasteiger partial charge >= 0.3 is 5.97 Å². The van der Waals surface area contributed by atoms with Gasteiger partial charge in [0.2, 0.25) is 0 Å². The van der Waals surface area contributed by atoms with E-state index >= 15 is 0 Å². The molecule has 1 N–H and O–H groups in total. The quantitative estimate of drug-likeness (QED) is 0.919. The van der Waals surface area contributed by atoms with Crippen LogP contribution in [0.4, 0.5) is 0 Å². The number of nitrogens with zero attached hydrogens (tertiary/aromatic N) is 1. The zero-order chi connectivity index (χ0) is 15.6. The Labute approximate surface area is 124 Å². The zero-order valence-electron chi connectivity index (χ0n) is 12.7. The van der Waals surface area contributed by atoms with Gasteiger partial charge in [-0.05, 0) is 37.5 Å². The lowest BCUT2D eigenvalue weighted by Crippen LogP contribution is -2.40. The Hall–Kier alpha value is -1.88. The Morgan fingerprint density at radius 3 is 2.71 bits per heavy atom. The van der Waals surface area contributed by atoms with E-state index in [2.05, 4.69) is 0 Å². The number of rotatable bonds is 4. The zero-order valence-corrected chi connectivity index (χ0v) is 12.7. The van der Waals surface area contributed by atoms with E-state index in [1.165, 1.54) is 7.11 Å². The van der Waals surface area contributed by atoms with Crippen LogP contribution in [0.15, 0.2) is 18.2 Å². The predicted molar refractivity (Wildman–Crippen MR) is 78.4 cm³/mol. The minimum atomic E-state index is -0.984. The number of carboxylic acid groups (broad SMARTS) is 1. The SMILES string of the molecule is COCC1(C(=O)O)CCN(C(=O)c2cccc(C)c2C)C1. The molecule has 2 rings (SSSR count). The molecule has 0 spiro atoms. The number of benzene rings is 1. The van der Waals surface area contributed by atoms with Crippen molar-refractivity contribution in [3.8, 4) is 0 Å². The average Bonchev–Trinajstić information content (AvgIpc) is 2.87. The van der Waals surface area contributed by atoms with Gasteiger partial charge in [-0.3, -0.25) is 9.59 Å². The molecule has 5 nitrogen and oxygen atoms in total. The van der Waals surface area contributed by atoms with Crippen LogP contribution in [0.2, 0.25) is 0 Å². The minimum Gasteiger partial charge on any atom is -0.481 e. The first kappa shape index (κ1) is 15.5. The van der Waals surface area contributed by atoms with Crippen LogP contribution in [-0.4, -0.2) is 48.7 Å². The average molecular weight is 291 g/mol. The number of likely N-dealkylation sites (tertiary alicyclic amines) is 1. The fraction of sp³-hybridized carbons (Fsp3) is 0.500. The van der Waals surface area contributed by atoms with Gasteiger partial charge in [-0.2, -0.15) is 0 Å². The smallest absolute Gasteiger partial charge is 0.313 e. The van der Waals surface area contributed by atoms with E-state index in [9.17, 15) is 14.7 Å². The topological polar surface area (TPSA) is 66.8 Å². The molecule has 1 fully saturated rings. The molecule has 0 saturated carbocycles. The Morgan fingerprint density at radius 2 is 2.10 bits per heavy atom. The summed E-state index contributed by atoms with van der Waals surface area (Å²) in [5.41, 5.74) is 1.67. The van der Waals surface area contributed by atoms with Crippen molar-refractivity contribution in [3.63, 3.8) is 0 Å². The normalized spacial score (nSPS) is 21.6. The lowest BCUT2D eigenvalue weighted by molar-refractivity contribution is -0.151. The van der Waals surface area contributed by atoms with Crippen LogP contribution in [0.5, 0.6) is 0 Å². The van der Waals surface area contributed by atoms with Gasteiger partial charge in [0.15, 0.2) is 0 Å². The van der Waals surface area contributed by atoms with E-state index < -0.39 is 11.4 Å². The first-order valence-corrected chi connectivity index (χ1v) is 6.99. The second-order valence-corrected chi connectivity index (χ2v) is 5.74. The van der Waals surface area contributed by atoms with Crippen molar-refractivity contribution in [2.24, 2.45) is 5.41 Å². The van der Waals surface area contributed by atoms with Crippen molar-refractivity contribution in [2.45, 2.75) is 20.3 Å². The number of aryl methyl sites for hydroxylation is 1. The fourth-order valence-corrected chi connectivity index (χ4v) is 2.83. The third-order valence-corrected chi connectivity index (χ3v) is 4.35. The number of hydrogen-bond acceptors (Lipinski definition) is 3. The summed E-state index contributed by atoms with van der Waals surface area (Å²) in [5.74, 6) is -1.00. The summed E-state index contributed by atoms with van der Waals surface area (Å²) in [6.45, 7) is 4.64. The molecule has 1 aliphatic heterocycles. The number of carboxylic acids is 1. The van der Waals surface area contributed by atoms with Crippen molar-refractivity contribution in [3.05, 3.63) is 34.9 Å². The molecule has 5 heteroatoms. The van der Waals surface area contributed by atoms with Gasteiger partial charge in [-0.15, -0.1) is 0 Å². The third kappa shape index (κ3) is 2.78. The molecule has 1 atom stereocenters. The van der Waals surface area contributed by atoms with Gasteiger partial charge in [-0.25, -0.2) is 0 Å². The van der Waals surface area contributed by atoms with Crippen molar-refractivity contribution in [2.75, 3.05) is 26.8 Å². The Morgan fingerprint density at radius 1 is 1.38 bits per heavy atom. The summed E-state index contributed by atoms with van der Waals surface area (Å²) in [5, 5.41) is 9.45. The first-order valence-electron chi connectivity index (χ1n) is 6.99. The van der Waals surface area contributed by atoms with Crippen molar-refractivity contribution >= 4 is 11.9 Å². The summed E-state index contributed by atoms with van der Waals surface area (Å²) in [6, 6.07) is 5.61. The molecule has 21 heavy (non-hydrogen) atoms. The molecular weight excluding hydrogens is 270 g/mol. The molecule has 0 radical (unpaired) electrons. The molecule has 1 heterocycles. The molecular formula is C16H21NO4. The summed E-state index contributed by atoms with van der Waals surface area (Å²) < 4.78 is 5.05. The molecule has 1 aromatic carbocycles. The van der Waals surface area contributed by atoms with Crippen LogP contribution in [0.3, 0.4) is 0 Å². The molecule has 114 valence electrons. The summed E-state index contributed by atoms with van der Waals surface area (Å²) >= 11 is 0. The molecule has 0 aliphatic carbocycles. The maximum absolute atomic E-state index is 12.6. The number of carbonyl (C=O) groups is 2. The van der Waals surface area contributed by atoms with E-state index in [4.69, 9.17) is 4.74 Å². The monoisotopic (exact) mass is 291 g/mol. The van der Waals surface area contributed by atoms with Gasteiger partial charge in [0, 0.05) is 25.8 Å². The Balaban J connectivity index is 2.23. The van der Waals surface area contributed by atoms with Gasteiger partial charge in [0.1, 0.15) is 5.41 Å². The largest absolute Gasteiger partial charge is 0.481 e. The number of hydrogen-bond donors (Lipinski definition) is 1.